The highest BCUT2D eigenvalue weighted by Gasteiger charge is 2.09. The van der Waals surface area contributed by atoms with E-state index in [2.05, 4.69) is 12.2 Å². The molecular weight excluding hydrogens is 193 g/mol. The number of rotatable bonds is 5. The van der Waals surface area contributed by atoms with Crippen molar-refractivity contribution in [1.82, 2.24) is 5.32 Å². The predicted octanol–water partition coefficient (Wildman–Crippen LogP) is 2.27. The Morgan fingerprint density at radius 2 is 2.07 bits per heavy atom. The Morgan fingerprint density at radius 1 is 1.40 bits per heavy atom. The zero-order chi connectivity index (χ0) is 11.1. The highest BCUT2D eigenvalue weighted by molar-refractivity contribution is 5.77. The van der Waals surface area contributed by atoms with E-state index in [-0.39, 0.29) is 5.92 Å². The molecule has 1 aromatic carbocycles. The van der Waals surface area contributed by atoms with Gasteiger partial charge in [-0.3, -0.25) is 4.79 Å². The number of benzene rings is 1. The first-order chi connectivity index (χ1) is 7.27. The Labute approximate surface area is 89.5 Å². The molecule has 0 saturated carbocycles. The van der Waals surface area contributed by atoms with Gasteiger partial charge in [0, 0.05) is 12.5 Å². The fourth-order valence-corrected chi connectivity index (χ4v) is 1.51. The summed E-state index contributed by atoms with van der Waals surface area (Å²) in [6, 6.07) is 9.94. The van der Waals surface area contributed by atoms with E-state index in [4.69, 9.17) is 0 Å². The Kier molecular flexibility index (Phi) is 4.81. The first kappa shape index (κ1) is 11.7. The van der Waals surface area contributed by atoms with Crippen molar-refractivity contribution in [2.45, 2.75) is 19.3 Å². The Morgan fingerprint density at radius 3 is 2.60 bits per heavy atom. The van der Waals surface area contributed by atoms with Crippen molar-refractivity contribution in [3.05, 3.63) is 35.9 Å². The Bertz CT molecular complexity index is 300. The molecule has 1 amide bonds. The Hall–Kier alpha value is -1.38. The number of halogens is 1. The molecule has 1 atom stereocenters. The quantitative estimate of drug-likeness (QED) is 0.791. The number of hydrogen-bond donors (Lipinski definition) is 1. The molecule has 0 bridgehead atoms. The van der Waals surface area contributed by atoms with Crippen molar-refractivity contribution >= 4 is 5.91 Å². The minimum atomic E-state index is -0.939. The number of carbonyl (C=O) groups is 1. The normalized spacial score (nSPS) is 12.1. The molecule has 0 spiro atoms. The zero-order valence-corrected chi connectivity index (χ0v) is 8.87. The van der Waals surface area contributed by atoms with Gasteiger partial charge in [0.1, 0.15) is 0 Å². The SMILES string of the molecule is CCC(CNC(=O)CF)c1ccccc1. The fraction of sp³-hybridized carbons (Fsp3) is 0.417. The molecule has 0 aliphatic heterocycles. The summed E-state index contributed by atoms with van der Waals surface area (Å²) < 4.78 is 11.9. The molecule has 1 N–H and O–H groups in total. The van der Waals surface area contributed by atoms with Crippen LogP contribution in [0.3, 0.4) is 0 Å². The molecule has 3 heteroatoms. The third-order valence-electron chi connectivity index (χ3n) is 2.43. The van der Waals surface area contributed by atoms with Gasteiger partial charge in [-0.2, -0.15) is 0 Å². The molecule has 82 valence electrons. The average Bonchev–Trinajstić information content (AvgIpc) is 2.31. The first-order valence-corrected chi connectivity index (χ1v) is 5.15. The monoisotopic (exact) mass is 209 g/mol. The molecular formula is C12H16FNO. The maximum Gasteiger partial charge on any atom is 0.251 e. The van der Waals surface area contributed by atoms with E-state index in [1.54, 1.807) is 0 Å². The maximum atomic E-state index is 11.9. The lowest BCUT2D eigenvalue weighted by molar-refractivity contribution is -0.121. The second kappa shape index (κ2) is 6.17. The molecule has 15 heavy (non-hydrogen) atoms. The minimum Gasteiger partial charge on any atom is -0.353 e. The summed E-state index contributed by atoms with van der Waals surface area (Å²) in [5.41, 5.74) is 1.18. The van der Waals surface area contributed by atoms with Crippen LogP contribution in [0.2, 0.25) is 0 Å². The summed E-state index contributed by atoms with van der Waals surface area (Å²) >= 11 is 0. The van der Waals surface area contributed by atoms with E-state index in [9.17, 15) is 9.18 Å². The van der Waals surface area contributed by atoms with Gasteiger partial charge in [0.25, 0.3) is 5.91 Å². The molecule has 0 aromatic heterocycles. The van der Waals surface area contributed by atoms with E-state index in [1.165, 1.54) is 5.56 Å². The number of nitrogens with one attached hydrogen (secondary N) is 1. The fourth-order valence-electron chi connectivity index (χ4n) is 1.51. The van der Waals surface area contributed by atoms with Crippen LogP contribution in [0, 0.1) is 0 Å². The number of amides is 1. The lowest BCUT2D eigenvalue weighted by atomic mass is 9.96. The van der Waals surface area contributed by atoms with Gasteiger partial charge in [0.05, 0.1) is 0 Å². The molecule has 1 rings (SSSR count). The van der Waals surface area contributed by atoms with Crippen LogP contribution in [0.25, 0.3) is 0 Å². The lowest BCUT2D eigenvalue weighted by Gasteiger charge is -2.15. The lowest BCUT2D eigenvalue weighted by Crippen LogP contribution is -2.29. The van der Waals surface area contributed by atoms with E-state index in [0.29, 0.717) is 6.54 Å². The van der Waals surface area contributed by atoms with Crippen LogP contribution >= 0.6 is 0 Å². The molecule has 2 nitrogen and oxygen atoms in total. The first-order valence-electron chi connectivity index (χ1n) is 5.15. The van der Waals surface area contributed by atoms with Gasteiger partial charge < -0.3 is 5.32 Å². The van der Waals surface area contributed by atoms with Gasteiger partial charge in [-0.15, -0.1) is 0 Å². The van der Waals surface area contributed by atoms with Crippen LogP contribution in [0.5, 0.6) is 0 Å². The summed E-state index contributed by atoms with van der Waals surface area (Å²) in [5.74, 6) is -0.272. The standard InChI is InChI=1S/C12H16FNO/c1-2-10(9-14-12(15)8-13)11-6-4-3-5-7-11/h3-7,10H,2,8-9H2,1H3,(H,14,15). The van der Waals surface area contributed by atoms with Crippen molar-refractivity contribution in [1.29, 1.82) is 0 Å². The predicted molar refractivity (Wildman–Crippen MR) is 58.5 cm³/mol. The summed E-state index contributed by atoms with van der Waals surface area (Å²) in [6.07, 6.45) is 0.927. The maximum absolute atomic E-state index is 11.9. The second-order valence-corrected chi connectivity index (χ2v) is 3.45. The van der Waals surface area contributed by atoms with Crippen LogP contribution in [0.15, 0.2) is 30.3 Å². The van der Waals surface area contributed by atoms with E-state index in [1.807, 2.05) is 30.3 Å². The summed E-state index contributed by atoms with van der Waals surface area (Å²) in [4.78, 5) is 10.8. The zero-order valence-electron chi connectivity index (χ0n) is 8.87. The summed E-state index contributed by atoms with van der Waals surface area (Å²) in [6.45, 7) is 1.62. The molecule has 1 unspecified atom stereocenters. The van der Waals surface area contributed by atoms with Crippen molar-refractivity contribution in [2.75, 3.05) is 13.2 Å². The van der Waals surface area contributed by atoms with Crippen molar-refractivity contribution in [3.63, 3.8) is 0 Å². The minimum absolute atomic E-state index is 0.265. The van der Waals surface area contributed by atoms with Crippen LogP contribution in [0.1, 0.15) is 24.8 Å². The number of hydrogen-bond acceptors (Lipinski definition) is 1. The molecule has 0 fully saturated rings. The van der Waals surface area contributed by atoms with Crippen molar-refractivity contribution < 1.29 is 9.18 Å². The third-order valence-corrected chi connectivity index (χ3v) is 2.43. The van der Waals surface area contributed by atoms with E-state index in [0.717, 1.165) is 6.42 Å². The van der Waals surface area contributed by atoms with Crippen molar-refractivity contribution in [2.24, 2.45) is 0 Å². The molecule has 0 radical (unpaired) electrons. The molecule has 0 aliphatic carbocycles. The van der Waals surface area contributed by atoms with Gasteiger partial charge >= 0.3 is 0 Å². The molecule has 0 saturated heterocycles. The van der Waals surface area contributed by atoms with E-state index >= 15 is 0 Å². The van der Waals surface area contributed by atoms with Gasteiger partial charge in [-0.1, -0.05) is 37.3 Å². The number of alkyl halides is 1. The summed E-state index contributed by atoms with van der Waals surface area (Å²) in [7, 11) is 0. The smallest absolute Gasteiger partial charge is 0.251 e. The van der Waals surface area contributed by atoms with Crippen LogP contribution < -0.4 is 5.32 Å². The topological polar surface area (TPSA) is 29.1 Å². The second-order valence-electron chi connectivity index (χ2n) is 3.45. The summed E-state index contributed by atoms with van der Waals surface area (Å²) in [5, 5.41) is 2.57. The van der Waals surface area contributed by atoms with Gasteiger partial charge in [-0.25, -0.2) is 4.39 Å². The van der Waals surface area contributed by atoms with E-state index < -0.39 is 12.6 Å². The molecule has 0 heterocycles. The molecule has 1 aromatic rings. The van der Waals surface area contributed by atoms with Gasteiger partial charge in [0.2, 0.25) is 0 Å². The van der Waals surface area contributed by atoms with Gasteiger partial charge in [-0.05, 0) is 12.0 Å². The Balaban J connectivity index is 2.53. The molecule has 0 aliphatic rings. The average molecular weight is 209 g/mol. The number of carbonyl (C=O) groups excluding carboxylic acids is 1. The van der Waals surface area contributed by atoms with Crippen molar-refractivity contribution in [3.8, 4) is 0 Å². The van der Waals surface area contributed by atoms with Crippen LogP contribution in [0.4, 0.5) is 4.39 Å². The van der Waals surface area contributed by atoms with Crippen LogP contribution in [-0.4, -0.2) is 19.1 Å². The largest absolute Gasteiger partial charge is 0.353 e. The van der Waals surface area contributed by atoms with Crippen LogP contribution in [-0.2, 0) is 4.79 Å². The third kappa shape index (κ3) is 3.70. The highest BCUT2D eigenvalue weighted by Crippen LogP contribution is 2.17. The highest BCUT2D eigenvalue weighted by atomic mass is 19.1. The van der Waals surface area contributed by atoms with Gasteiger partial charge in [0.15, 0.2) is 6.67 Å².